The van der Waals surface area contributed by atoms with Gasteiger partial charge in [-0.2, -0.15) is 0 Å². The number of carbonyl (C=O) groups is 2. The fourth-order valence-electron chi connectivity index (χ4n) is 7.55. The van der Waals surface area contributed by atoms with Crippen LogP contribution in [0, 0.1) is 30.1 Å². The number of hydrogen-bond acceptors (Lipinski definition) is 10. The van der Waals surface area contributed by atoms with E-state index in [4.69, 9.17) is 28.4 Å². The molecule has 0 aliphatic carbocycles. The van der Waals surface area contributed by atoms with Crippen molar-refractivity contribution in [1.29, 1.82) is 0 Å². The van der Waals surface area contributed by atoms with Crippen LogP contribution in [0.3, 0.4) is 0 Å². The average Bonchev–Trinajstić information content (AvgIpc) is 3.07. The molecule has 2 aromatic rings. The van der Waals surface area contributed by atoms with Crippen molar-refractivity contribution in [3.8, 4) is 11.5 Å². The van der Waals surface area contributed by atoms with Crippen LogP contribution in [0.4, 0.5) is 0 Å². The Bertz CT molecular complexity index is 1540. The molecule has 2 aromatic carbocycles. The number of hydrogen-bond donors (Lipinski definition) is 2. The summed E-state index contributed by atoms with van der Waals surface area (Å²) in [5.74, 6) is -2.95. The van der Waals surface area contributed by atoms with Crippen molar-refractivity contribution in [2.24, 2.45) is 16.2 Å². The molecule has 1 spiro atoms. The summed E-state index contributed by atoms with van der Waals surface area (Å²) in [6.45, 7) is 28.6. The zero-order valence-electron chi connectivity index (χ0n) is 34.6. The summed E-state index contributed by atoms with van der Waals surface area (Å²) in [5, 5.41) is 21.5. The number of rotatable bonds is 10. The highest BCUT2D eigenvalue weighted by molar-refractivity contribution is 5.79. The maximum Gasteiger partial charge on any atom is 0.313 e. The van der Waals surface area contributed by atoms with Crippen molar-refractivity contribution < 1.29 is 48.2 Å². The largest absolute Gasteiger partial charge is 0.507 e. The molecule has 10 nitrogen and oxygen atoms in total. The zero-order valence-corrected chi connectivity index (χ0v) is 34.6. The second-order valence-electron chi connectivity index (χ2n) is 18.9. The van der Waals surface area contributed by atoms with Gasteiger partial charge in [0.2, 0.25) is 0 Å². The van der Waals surface area contributed by atoms with Crippen LogP contribution in [-0.4, -0.2) is 74.4 Å². The third kappa shape index (κ3) is 8.71. The molecule has 0 aromatic heterocycles. The Kier molecular flexibility index (Phi) is 12.2. The van der Waals surface area contributed by atoms with Crippen LogP contribution >= 0.6 is 0 Å². The molecule has 0 bridgehead atoms. The lowest BCUT2D eigenvalue weighted by Gasteiger charge is -2.58. The van der Waals surface area contributed by atoms with E-state index >= 15 is 0 Å². The third-order valence-corrected chi connectivity index (χ3v) is 11.0. The van der Waals surface area contributed by atoms with E-state index in [0.717, 1.165) is 22.3 Å². The van der Waals surface area contributed by atoms with E-state index in [1.807, 2.05) is 107 Å². The summed E-state index contributed by atoms with van der Waals surface area (Å²) in [5.41, 5.74) is 1.41. The first-order valence-corrected chi connectivity index (χ1v) is 18.7. The van der Waals surface area contributed by atoms with Crippen molar-refractivity contribution in [3.63, 3.8) is 0 Å². The van der Waals surface area contributed by atoms with Crippen molar-refractivity contribution >= 4 is 11.9 Å². The van der Waals surface area contributed by atoms with E-state index in [1.54, 1.807) is 13.8 Å². The summed E-state index contributed by atoms with van der Waals surface area (Å²) in [4.78, 5) is 27.4. The van der Waals surface area contributed by atoms with Crippen LogP contribution in [0.1, 0.15) is 128 Å². The van der Waals surface area contributed by atoms with Crippen LogP contribution in [0.5, 0.6) is 11.5 Å². The second kappa shape index (κ2) is 15.2. The summed E-state index contributed by atoms with van der Waals surface area (Å²) in [7, 11) is 0. The minimum Gasteiger partial charge on any atom is -0.507 e. The number of phenolic OH excluding ortho intramolecular Hbond substituents is 2. The second-order valence-corrected chi connectivity index (χ2v) is 18.9. The Labute approximate surface area is 316 Å². The predicted molar refractivity (Wildman–Crippen MR) is 203 cm³/mol. The van der Waals surface area contributed by atoms with Gasteiger partial charge in [0, 0.05) is 0 Å². The van der Waals surface area contributed by atoms with Gasteiger partial charge in [0.15, 0.2) is 5.79 Å². The molecule has 53 heavy (non-hydrogen) atoms. The molecule has 0 saturated carbocycles. The first-order chi connectivity index (χ1) is 24.3. The molecule has 2 atom stereocenters. The normalized spacial score (nSPS) is 19.1. The number of aryl methyl sites for hydroxylation is 2. The van der Waals surface area contributed by atoms with E-state index in [9.17, 15) is 19.8 Å². The van der Waals surface area contributed by atoms with Crippen molar-refractivity contribution in [1.82, 2.24) is 0 Å². The maximum atomic E-state index is 13.7. The standard InChI is InChI=1S/C43H64O10/c1-26-15-30(17-32(34(26)44)38(5,6)7)28(3)36(46)50-19-40(11,12)43(52-23-42(24-53-43)21-48-25-49-22-42)41(13,14)20-51-37(47)29(4)31-16-27(2)35(45)33(18-31)39(8,9)10/h15-18,28-29,44-45H,19-25H2,1-14H3. The molecule has 2 saturated heterocycles. The lowest BCUT2D eigenvalue weighted by Crippen LogP contribution is -2.68. The Hall–Kier alpha value is -3.18. The molecule has 0 radical (unpaired) electrons. The van der Waals surface area contributed by atoms with Gasteiger partial charge in [-0.15, -0.1) is 0 Å². The molecule has 2 aliphatic heterocycles. The van der Waals surface area contributed by atoms with Gasteiger partial charge in [-0.3, -0.25) is 9.59 Å². The van der Waals surface area contributed by atoms with Gasteiger partial charge in [0.05, 0.1) is 54.5 Å². The van der Waals surface area contributed by atoms with Crippen LogP contribution in [0.25, 0.3) is 0 Å². The molecule has 2 fully saturated rings. The topological polar surface area (TPSA) is 130 Å². The summed E-state index contributed by atoms with van der Waals surface area (Å²) in [6.07, 6.45) is 0. The number of phenols is 2. The maximum absolute atomic E-state index is 13.7. The van der Waals surface area contributed by atoms with E-state index in [-0.39, 0.29) is 55.5 Å². The van der Waals surface area contributed by atoms with Crippen molar-refractivity contribution in [3.05, 3.63) is 57.6 Å². The molecule has 2 N–H and O–H groups in total. The SMILES string of the molecule is Cc1cc(C(C)C(=O)OCC(C)(C)C2(C(C)(C)COC(=O)C(C)c3cc(C)c(O)c(C(C)(C)C)c3)OCC3(COCOC3)CO2)cc(C(C)(C)C)c1O. The van der Waals surface area contributed by atoms with E-state index in [1.165, 1.54) is 0 Å². The van der Waals surface area contributed by atoms with E-state index < -0.39 is 45.8 Å². The van der Waals surface area contributed by atoms with Gasteiger partial charge in [-0.1, -0.05) is 93.5 Å². The molecule has 2 aliphatic rings. The van der Waals surface area contributed by atoms with E-state index in [0.29, 0.717) is 24.3 Å². The van der Waals surface area contributed by atoms with Crippen LogP contribution in [0.15, 0.2) is 24.3 Å². The highest BCUT2D eigenvalue weighted by Crippen LogP contribution is 2.53. The van der Waals surface area contributed by atoms with E-state index in [2.05, 4.69) is 0 Å². The Balaban J connectivity index is 1.58. The van der Waals surface area contributed by atoms with Crippen LogP contribution in [0.2, 0.25) is 0 Å². The first kappa shape index (κ1) is 42.6. The Morgan fingerprint density at radius 1 is 0.660 bits per heavy atom. The Morgan fingerprint density at radius 3 is 1.36 bits per heavy atom. The zero-order chi connectivity index (χ0) is 39.9. The number of benzene rings is 2. The van der Waals surface area contributed by atoms with Crippen molar-refractivity contribution in [2.75, 3.05) is 46.4 Å². The predicted octanol–water partition coefficient (Wildman–Crippen LogP) is 8.09. The number of ether oxygens (including phenoxy) is 6. The molecular formula is C43H64O10. The van der Waals surface area contributed by atoms with Gasteiger partial charge in [-0.25, -0.2) is 0 Å². The van der Waals surface area contributed by atoms with Gasteiger partial charge in [0.25, 0.3) is 0 Å². The summed E-state index contributed by atoms with van der Waals surface area (Å²) in [6, 6.07) is 7.41. The molecular weight excluding hydrogens is 676 g/mol. The quantitative estimate of drug-likeness (QED) is 0.231. The fourth-order valence-corrected chi connectivity index (χ4v) is 7.55. The number of carbonyl (C=O) groups excluding carboxylic acids is 2. The molecule has 4 rings (SSSR count). The molecule has 296 valence electrons. The molecule has 2 unspecified atom stereocenters. The highest BCUT2D eigenvalue weighted by atomic mass is 16.7. The number of esters is 2. The minimum absolute atomic E-state index is 0.0461. The third-order valence-electron chi connectivity index (χ3n) is 11.0. The molecule has 2 heterocycles. The lowest BCUT2D eigenvalue weighted by molar-refractivity contribution is -0.406. The van der Waals surface area contributed by atoms with Gasteiger partial charge >= 0.3 is 11.9 Å². The number of aromatic hydroxyl groups is 2. The average molecular weight is 741 g/mol. The van der Waals surface area contributed by atoms with Gasteiger partial charge in [-0.05, 0) is 71.9 Å². The summed E-state index contributed by atoms with van der Waals surface area (Å²) < 4.78 is 37.0. The molecule has 0 amide bonds. The molecule has 10 heteroatoms. The van der Waals surface area contributed by atoms with Crippen LogP contribution in [-0.2, 0) is 48.8 Å². The first-order valence-electron chi connectivity index (χ1n) is 18.7. The minimum atomic E-state index is -1.36. The lowest BCUT2D eigenvalue weighted by atomic mass is 9.67. The highest BCUT2D eigenvalue weighted by Gasteiger charge is 2.62. The van der Waals surface area contributed by atoms with Gasteiger partial charge in [0.1, 0.15) is 31.5 Å². The summed E-state index contributed by atoms with van der Waals surface area (Å²) >= 11 is 0. The monoisotopic (exact) mass is 740 g/mol. The smallest absolute Gasteiger partial charge is 0.313 e. The van der Waals surface area contributed by atoms with Crippen LogP contribution < -0.4 is 0 Å². The Morgan fingerprint density at radius 2 is 1.02 bits per heavy atom. The van der Waals surface area contributed by atoms with Gasteiger partial charge < -0.3 is 38.6 Å². The van der Waals surface area contributed by atoms with Crippen molar-refractivity contribution in [2.45, 2.75) is 125 Å². The fraction of sp³-hybridized carbons (Fsp3) is 0.674.